The number of benzene rings is 3. The highest BCUT2D eigenvalue weighted by Crippen LogP contribution is 2.29. The molecule has 0 spiro atoms. The van der Waals surface area contributed by atoms with Crippen molar-refractivity contribution in [2.75, 3.05) is 6.61 Å². The summed E-state index contributed by atoms with van der Waals surface area (Å²) in [5.41, 5.74) is 3.14. The number of hydrogen-bond donors (Lipinski definition) is 0. The molecule has 0 unspecified atom stereocenters. The molecule has 6 nitrogen and oxygen atoms in total. The molecule has 0 aliphatic carbocycles. The zero-order chi connectivity index (χ0) is 24.3. The van der Waals surface area contributed by atoms with Gasteiger partial charge in [0.05, 0.1) is 32.5 Å². The average molecular weight is 477 g/mol. The van der Waals surface area contributed by atoms with Crippen LogP contribution in [0.4, 0.5) is 0 Å². The highest BCUT2D eigenvalue weighted by Gasteiger charge is 2.47. The molecule has 6 heteroatoms. The quantitative estimate of drug-likeness (QED) is 0.353. The third-order valence-electron chi connectivity index (χ3n) is 6.04. The van der Waals surface area contributed by atoms with Crippen LogP contribution in [0.2, 0.25) is 0 Å². The summed E-state index contributed by atoms with van der Waals surface area (Å²) in [7, 11) is 0. The summed E-state index contributed by atoms with van der Waals surface area (Å²) in [5.74, 6) is 0. The van der Waals surface area contributed by atoms with E-state index in [4.69, 9.17) is 23.7 Å². The molecule has 1 aliphatic heterocycles. The van der Waals surface area contributed by atoms with Crippen molar-refractivity contribution in [2.45, 2.75) is 57.3 Å². The van der Waals surface area contributed by atoms with Crippen molar-refractivity contribution in [3.05, 3.63) is 108 Å². The summed E-state index contributed by atoms with van der Waals surface area (Å²) in [6.45, 7) is 3.84. The van der Waals surface area contributed by atoms with Crippen LogP contribution in [0.1, 0.15) is 23.6 Å². The molecule has 0 amide bonds. The molecule has 3 aromatic carbocycles. The van der Waals surface area contributed by atoms with E-state index in [2.05, 4.69) is 0 Å². The van der Waals surface area contributed by atoms with Crippen LogP contribution in [-0.4, -0.2) is 43.6 Å². The zero-order valence-electron chi connectivity index (χ0n) is 19.9. The second-order valence-corrected chi connectivity index (χ2v) is 8.60. The monoisotopic (exact) mass is 476 g/mol. The van der Waals surface area contributed by atoms with Crippen LogP contribution >= 0.6 is 0 Å². The van der Waals surface area contributed by atoms with E-state index in [1.165, 1.54) is 0 Å². The van der Waals surface area contributed by atoms with Crippen LogP contribution in [0.25, 0.3) is 0 Å². The highest BCUT2D eigenvalue weighted by molar-refractivity contribution is 5.38. The maximum absolute atomic E-state index is 11.3. The van der Waals surface area contributed by atoms with E-state index in [9.17, 15) is 4.79 Å². The molecular weight excluding hydrogens is 444 g/mol. The average Bonchev–Trinajstić information content (AvgIpc) is 2.90. The van der Waals surface area contributed by atoms with Gasteiger partial charge in [0.1, 0.15) is 18.3 Å². The molecule has 0 N–H and O–H groups in total. The first-order valence-corrected chi connectivity index (χ1v) is 11.9. The van der Waals surface area contributed by atoms with Gasteiger partial charge in [-0.1, -0.05) is 91.0 Å². The number of rotatable bonds is 12. The Labute approximate surface area is 206 Å². The number of carbonyl (C=O) groups is 1. The highest BCUT2D eigenvalue weighted by atomic mass is 16.6. The Balaban J connectivity index is 1.51. The lowest BCUT2D eigenvalue weighted by atomic mass is 9.95. The van der Waals surface area contributed by atoms with E-state index in [1.807, 2.05) is 97.9 Å². The van der Waals surface area contributed by atoms with E-state index in [-0.39, 0.29) is 6.10 Å². The molecule has 184 valence electrons. The van der Waals surface area contributed by atoms with Crippen molar-refractivity contribution in [1.82, 2.24) is 0 Å². The molecule has 4 rings (SSSR count). The van der Waals surface area contributed by atoms with E-state index in [0.29, 0.717) is 32.9 Å². The van der Waals surface area contributed by atoms with Gasteiger partial charge in [-0.05, 0) is 23.6 Å². The molecule has 0 bridgehead atoms. The van der Waals surface area contributed by atoms with Crippen molar-refractivity contribution in [3.8, 4) is 0 Å². The summed E-state index contributed by atoms with van der Waals surface area (Å²) >= 11 is 0. The topological polar surface area (TPSA) is 63.2 Å². The van der Waals surface area contributed by atoms with E-state index >= 15 is 0 Å². The molecule has 5 atom stereocenters. The molecule has 0 radical (unpaired) electrons. The molecule has 35 heavy (non-hydrogen) atoms. The summed E-state index contributed by atoms with van der Waals surface area (Å²) < 4.78 is 30.5. The van der Waals surface area contributed by atoms with Crippen LogP contribution in [0.3, 0.4) is 0 Å². The molecule has 1 fully saturated rings. The maximum atomic E-state index is 11.3. The van der Waals surface area contributed by atoms with Gasteiger partial charge < -0.3 is 23.7 Å². The lowest BCUT2D eigenvalue weighted by Gasteiger charge is -2.44. The second kappa shape index (κ2) is 13.2. The number of ether oxygens (including phenoxy) is 5. The fraction of sp³-hybridized carbons (Fsp3) is 0.345. The van der Waals surface area contributed by atoms with Crippen molar-refractivity contribution in [1.29, 1.82) is 0 Å². The van der Waals surface area contributed by atoms with Crippen molar-refractivity contribution >= 4 is 6.47 Å². The van der Waals surface area contributed by atoms with Crippen LogP contribution in [-0.2, 0) is 48.3 Å². The minimum atomic E-state index is -0.609. The minimum absolute atomic E-state index is 0.317. The first-order chi connectivity index (χ1) is 17.2. The van der Waals surface area contributed by atoms with E-state index in [0.717, 1.165) is 16.7 Å². The van der Waals surface area contributed by atoms with Crippen LogP contribution in [0, 0.1) is 0 Å². The van der Waals surface area contributed by atoms with Gasteiger partial charge in [0.2, 0.25) is 0 Å². The summed E-state index contributed by atoms with van der Waals surface area (Å²) in [4.78, 5) is 11.3. The molecule has 3 aromatic rings. The van der Waals surface area contributed by atoms with Gasteiger partial charge in [-0.15, -0.1) is 0 Å². The Morgan fingerprint density at radius 2 is 1.17 bits per heavy atom. The van der Waals surface area contributed by atoms with Gasteiger partial charge >= 0.3 is 0 Å². The molecule has 0 saturated carbocycles. The Morgan fingerprint density at radius 1 is 0.686 bits per heavy atom. The van der Waals surface area contributed by atoms with Gasteiger partial charge in [-0.3, -0.25) is 4.79 Å². The molecule has 1 aliphatic rings. The lowest BCUT2D eigenvalue weighted by Crippen LogP contribution is -2.60. The predicted molar refractivity (Wildman–Crippen MR) is 131 cm³/mol. The molecule has 1 saturated heterocycles. The Morgan fingerprint density at radius 3 is 1.69 bits per heavy atom. The van der Waals surface area contributed by atoms with E-state index < -0.39 is 24.4 Å². The van der Waals surface area contributed by atoms with Gasteiger partial charge in [0, 0.05) is 0 Å². The van der Waals surface area contributed by atoms with Gasteiger partial charge in [-0.25, -0.2) is 0 Å². The summed E-state index contributed by atoms with van der Waals surface area (Å²) in [6, 6.07) is 29.8. The summed E-state index contributed by atoms with van der Waals surface area (Å²) in [6.07, 6.45) is -2.43. The predicted octanol–water partition coefficient (Wildman–Crippen LogP) is 4.70. The number of carbonyl (C=O) groups excluding carboxylic acids is 1. The van der Waals surface area contributed by atoms with Crippen molar-refractivity contribution < 1.29 is 28.5 Å². The third-order valence-corrected chi connectivity index (χ3v) is 6.04. The minimum Gasteiger partial charge on any atom is -0.459 e. The standard InChI is InChI=1S/C29H32O6/c1-22-27(34-21-30)29(33-19-25-15-9-4-10-16-25)28(32-18-24-13-7-3-8-14-24)26(35-22)20-31-17-23-11-5-2-6-12-23/h2-16,21-22,26-29H,17-20H2,1H3/t22-,26-,27+,28-,29-/m1/s1. The van der Waals surface area contributed by atoms with Crippen molar-refractivity contribution in [3.63, 3.8) is 0 Å². The Kier molecular flexibility index (Phi) is 9.43. The lowest BCUT2D eigenvalue weighted by molar-refractivity contribution is -0.260. The Hall–Kier alpha value is -3.03. The smallest absolute Gasteiger partial charge is 0.293 e. The zero-order valence-corrected chi connectivity index (χ0v) is 19.9. The fourth-order valence-electron chi connectivity index (χ4n) is 4.27. The van der Waals surface area contributed by atoms with Gasteiger partial charge in [0.15, 0.2) is 6.10 Å². The number of hydrogen-bond acceptors (Lipinski definition) is 6. The first kappa shape index (κ1) is 25.1. The van der Waals surface area contributed by atoms with Crippen LogP contribution in [0.5, 0.6) is 0 Å². The van der Waals surface area contributed by atoms with Gasteiger partial charge in [-0.2, -0.15) is 0 Å². The molecule has 1 heterocycles. The van der Waals surface area contributed by atoms with Crippen molar-refractivity contribution in [2.24, 2.45) is 0 Å². The first-order valence-electron chi connectivity index (χ1n) is 11.9. The van der Waals surface area contributed by atoms with Crippen LogP contribution < -0.4 is 0 Å². The normalized spacial score (nSPS) is 24.1. The van der Waals surface area contributed by atoms with Crippen LogP contribution in [0.15, 0.2) is 91.0 Å². The molecule has 0 aromatic heterocycles. The fourth-order valence-corrected chi connectivity index (χ4v) is 4.27. The SMILES string of the molecule is C[C@H]1O[C@H](COCc2ccccc2)[C@@H](OCc2ccccc2)[C@H](OCc2ccccc2)[C@H]1OC=O. The Bertz CT molecular complexity index is 997. The molecular formula is C29H32O6. The largest absolute Gasteiger partial charge is 0.459 e. The van der Waals surface area contributed by atoms with E-state index in [1.54, 1.807) is 0 Å². The third kappa shape index (κ3) is 7.23. The maximum Gasteiger partial charge on any atom is 0.293 e. The second-order valence-electron chi connectivity index (χ2n) is 8.60. The van der Waals surface area contributed by atoms with Gasteiger partial charge in [0.25, 0.3) is 6.47 Å². The summed E-state index contributed by atoms with van der Waals surface area (Å²) in [5, 5.41) is 0.